The molecule has 0 bridgehead atoms. The number of aldehydes is 1. The lowest BCUT2D eigenvalue weighted by molar-refractivity contribution is 0.0696. The van der Waals surface area contributed by atoms with E-state index >= 15 is 0 Å². The first kappa shape index (κ1) is 12.3. The van der Waals surface area contributed by atoms with Crippen molar-refractivity contribution < 1.29 is 19.8 Å². The number of hydrogen-bond donors (Lipinski definition) is 2. The van der Waals surface area contributed by atoms with E-state index in [2.05, 4.69) is 0 Å². The van der Waals surface area contributed by atoms with E-state index in [0.717, 1.165) is 6.29 Å². The third kappa shape index (κ3) is 1.89. The maximum atomic E-state index is 11.1. The molecule has 0 saturated heterocycles. The molecule has 2 rings (SSSR count). The molecule has 1 heterocycles. The summed E-state index contributed by atoms with van der Waals surface area (Å²) in [7, 11) is 0. The molecule has 0 amide bonds. The third-order valence-electron chi connectivity index (χ3n) is 2.96. The fourth-order valence-electron chi connectivity index (χ4n) is 2.09. The van der Waals surface area contributed by atoms with Gasteiger partial charge in [-0.2, -0.15) is 0 Å². The largest absolute Gasteiger partial charge is 0.478 e. The second kappa shape index (κ2) is 4.62. The van der Waals surface area contributed by atoms with E-state index in [9.17, 15) is 9.59 Å². The van der Waals surface area contributed by atoms with Crippen LogP contribution >= 0.6 is 0 Å². The van der Waals surface area contributed by atoms with Crippen LogP contribution in [0.2, 0.25) is 0 Å². The number of aliphatic hydroxyl groups excluding tert-OH is 1. The van der Waals surface area contributed by atoms with Gasteiger partial charge in [-0.3, -0.25) is 4.79 Å². The Morgan fingerprint density at radius 1 is 1.44 bits per heavy atom. The van der Waals surface area contributed by atoms with Crippen molar-refractivity contribution in [3.8, 4) is 0 Å². The third-order valence-corrected chi connectivity index (χ3v) is 2.96. The highest BCUT2D eigenvalue weighted by atomic mass is 16.4. The van der Waals surface area contributed by atoms with Crippen LogP contribution in [0.25, 0.3) is 10.9 Å². The van der Waals surface area contributed by atoms with E-state index in [4.69, 9.17) is 10.2 Å². The van der Waals surface area contributed by atoms with E-state index in [1.807, 2.05) is 0 Å². The summed E-state index contributed by atoms with van der Waals surface area (Å²) in [5.74, 6) is -1.00. The molecule has 94 valence electrons. The molecule has 0 aliphatic carbocycles. The summed E-state index contributed by atoms with van der Waals surface area (Å²) < 4.78 is 1.69. The average Bonchev–Trinajstić information content (AvgIpc) is 2.66. The smallest absolute Gasteiger partial charge is 0.336 e. The monoisotopic (exact) mass is 247 g/mol. The minimum Gasteiger partial charge on any atom is -0.478 e. The molecule has 0 aliphatic rings. The number of carbonyl (C=O) groups is 2. The van der Waals surface area contributed by atoms with E-state index in [-0.39, 0.29) is 12.2 Å². The van der Waals surface area contributed by atoms with Gasteiger partial charge in [-0.15, -0.1) is 0 Å². The van der Waals surface area contributed by atoms with Gasteiger partial charge in [-0.05, 0) is 24.6 Å². The molecule has 18 heavy (non-hydrogen) atoms. The Labute approximate surface area is 103 Å². The summed E-state index contributed by atoms with van der Waals surface area (Å²) in [4.78, 5) is 22.1. The number of carboxylic acid groups (broad SMARTS) is 1. The quantitative estimate of drug-likeness (QED) is 0.801. The van der Waals surface area contributed by atoms with Crippen LogP contribution < -0.4 is 0 Å². The predicted octanol–water partition coefficient (Wildman–Crippen LogP) is 1.45. The van der Waals surface area contributed by atoms with Crippen LogP contribution in [-0.4, -0.2) is 33.6 Å². The Hall–Kier alpha value is -2.14. The summed E-state index contributed by atoms with van der Waals surface area (Å²) in [6.07, 6.45) is 2.36. The second-order valence-corrected chi connectivity index (χ2v) is 4.11. The fourth-order valence-corrected chi connectivity index (χ4v) is 2.09. The molecule has 0 aliphatic heterocycles. The van der Waals surface area contributed by atoms with Crippen molar-refractivity contribution in [2.45, 2.75) is 13.5 Å². The lowest BCUT2D eigenvalue weighted by Crippen LogP contribution is -2.03. The summed E-state index contributed by atoms with van der Waals surface area (Å²) in [5, 5.41) is 18.8. The van der Waals surface area contributed by atoms with Crippen LogP contribution in [0, 0.1) is 6.92 Å². The molecule has 0 radical (unpaired) electrons. The minimum atomic E-state index is -1.00. The molecule has 0 unspecified atom stereocenters. The average molecular weight is 247 g/mol. The van der Waals surface area contributed by atoms with Crippen molar-refractivity contribution >= 4 is 23.2 Å². The van der Waals surface area contributed by atoms with Crippen molar-refractivity contribution in [1.29, 1.82) is 0 Å². The molecule has 0 saturated carbocycles. The molecule has 1 aromatic carbocycles. The van der Waals surface area contributed by atoms with Gasteiger partial charge in [0, 0.05) is 29.2 Å². The molecule has 5 nitrogen and oxygen atoms in total. The maximum Gasteiger partial charge on any atom is 0.336 e. The van der Waals surface area contributed by atoms with Gasteiger partial charge in [-0.1, -0.05) is 0 Å². The van der Waals surface area contributed by atoms with E-state index < -0.39 is 5.97 Å². The first-order valence-corrected chi connectivity index (χ1v) is 5.51. The SMILES string of the molecule is Cc1cc2c(C=O)cn(CCO)c2cc1C(=O)O. The number of aromatic nitrogens is 1. The van der Waals surface area contributed by atoms with Crippen LogP contribution in [0.5, 0.6) is 0 Å². The van der Waals surface area contributed by atoms with Gasteiger partial charge in [0.15, 0.2) is 6.29 Å². The lowest BCUT2D eigenvalue weighted by atomic mass is 10.0. The van der Waals surface area contributed by atoms with Crippen molar-refractivity contribution in [3.63, 3.8) is 0 Å². The highest BCUT2D eigenvalue weighted by Crippen LogP contribution is 2.24. The molecule has 0 spiro atoms. The Morgan fingerprint density at radius 2 is 2.17 bits per heavy atom. The van der Waals surface area contributed by atoms with Crippen molar-refractivity contribution in [2.24, 2.45) is 0 Å². The van der Waals surface area contributed by atoms with Gasteiger partial charge in [-0.25, -0.2) is 4.79 Å². The summed E-state index contributed by atoms with van der Waals surface area (Å²) in [5.41, 5.74) is 1.96. The van der Waals surface area contributed by atoms with Crippen LogP contribution in [0.1, 0.15) is 26.3 Å². The second-order valence-electron chi connectivity index (χ2n) is 4.11. The van der Waals surface area contributed by atoms with Gasteiger partial charge in [0.05, 0.1) is 12.2 Å². The number of carboxylic acids is 1. The Bertz CT molecular complexity index is 627. The first-order valence-electron chi connectivity index (χ1n) is 5.51. The molecule has 0 fully saturated rings. The number of fused-ring (bicyclic) bond motifs is 1. The minimum absolute atomic E-state index is 0.0711. The summed E-state index contributed by atoms with van der Waals surface area (Å²) in [6, 6.07) is 3.23. The summed E-state index contributed by atoms with van der Waals surface area (Å²) in [6.45, 7) is 1.95. The van der Waals surface area contributed by atoms with E-state index in [1.54, 1.807) is 23.8 Å². The van der Waals surface area contributed by atoms with Crippen molar-refractivity contribution in [2.75, 3.05) is 6.61 Å². The van der Waals surface area contributed by atoms with Gasteiger partial charge < -0.3 is 14.8 Å². The van der Waals surface area contributed by atoms with Gasteiger partial charge in [0.2, 0.25) is 0 Å². The molecular weight excluding hydrogens is 234 g/mol. The van der Waals surface area contributed by atoms with Gasteiger partial charge >= 0.3 is 5.97 Å². The number of benzene rings is 1. The fraction of sp³-hybridized carbons (Fsp3) is 0.231. The number of hydrogen-bond acceptors (Lipinski definition) is 3. The highest BCUT2D eigenvalue weighted by Gasteiger charge is 2.14. The van der Waals surface area contributed by atoms with Crippen molar-refractivity contribution in [1.82, 2.24) is 4.57 Å². The summed E-state index contributed by atoms with van der Waals surface area (Å²) >= 11 is 0. The normalized spacial score (nSPS) is 10.8. The number of nitrogens with zero attached hydrogens (tertiary/aromatic N) is 1. The zero-order valence-electron chi connectivity index (χ0n) is 9.88. The first-order chi connectivity index (χ1) is 8.58. The van der Waals surface area contributed by atoms with Crippen LogP contribution in [0.15, 0.2) is 18.3 Å². The molecule has 2 N–H and O–H groups in total. The van der Waals surface area contributed by atoms with E-state index in [1.165, 1.54) is 6.07 Å². The van der Waals surface area contributed by atoms with Crippen LogP contribution in [0.4, 0.5) is 0 Å². The highest BCUT2D eigenvalue weighted by molar-refractivity contribution is 6.02. The van der Waals surface area contributed by atoms with E-state index in [0.29, 0.717) is 28.6 Å². The Balaban J connectivity index is 2.76. The van der Waals surface area contributed by atoms with Crippen LogP contribution in [-0.2, 0) is 6.54 Å². The lowest BCUT2D eigenvalue weighted by Gasteiger charge is -2.05. The molecule has 2 aromatic rings. The standard InChI is InChI=1S/C13H13NO4/c1-8-4-11-9(7-16)6-14(2-3-15)12(11)5-10(8)13(17)18/h4-7,15H,2-3H2,1H3,(H,17,18). The predicted molar refractivity (Wildman–Crippen MR) is 66.1 cm³/mol. The Kier molecular flexibility index (Phi) is 3.16. The molecule has 0 atom stereocenters. The topological polar surface area (TPSA) is 79.5 Å². The van der Waals surface area contributed by atoms with Gasteiger partial charge in [0.1, 0.15) is 0 Å². The van der Waals surface area contributed by atoms with Crippen molar-refractivity contribution in [3.05, 3.63) is 35.0 Å². The number of aliphatic hydroxyl groups is 1. The zero-order chi connectivity index (χ0) is 13.3. The Morgan fingerprint density at radius 3 is 2.72 bits per heavy atom. The number of rotatable bonds is 4. The molecule has 1 aromatic heterocycles. The van der Waals surface area contributed by atoms with Gasteiger partial charge in [0.25, 0.3) is 0 Å². The molecular formula is C13H13NO4. The maximum absolute atomic E-state index is 11.1. The zero-order valence-corrected chi connectivity index (χ0v) is 9.88. The number of carbonyl (C=O) groups excluding carboxylic acids is 1. The number of aromatic carboxylic acids is 1. The number of aryl methyl sites for hydroxylation is 1. The molecule has 5 heteroatoms. The van der Waals surface area contributed by atoms with Crippen LogP contribution in [0.3, 0.4) is 0 Å².